The van der Waals surface area contributed by atoms with Crippen LogP contribution in [0.2, 0.25) is 0 Å². The third-order valence-electron chi connectivity index (χ3n) is 3.98. The second kappa shape index (κ2) is 5.25. The Morgan fingerprint density at radius 1 is 1.47 bits per heavy atom. The first kappa shape index (κ1) is 12.7. The van der Waals surface area contributed by atoms with Gasteiger partial charge >= 0.3 is 0 Å². The monoisotopic (exact) mass is 239 g/mol. The van der Waals surface area contributed by atoms with Crippen molar-refractivity contribution in [2.75, 3.05) is 26.2 Å². The fraction of sp³-hybridized carbons (Fsp3) is 0.923. The number of likely N-dealkylation sites (tertiary alicyclic amines) is 1. The normalized spacial score (nSPS) is 32.1. The van der Waals surface area contributed by atoms with Gasteiger partial charge in [0, 0.05) is 19.7 Å². The van der Waals surface area contributed by atoms with E-state index in [-0.39, 0.29) is 5.60 Å². The van der Waals surface area contributed by atoms with Crippen LogP contribution < -0.4 is 5.73 Å². The van der Waals surface area contributed by atoms with Crippen molar-refractivity contribution in [2.45, 2.75) is 45.1 Å². The zero-order valence-corrected chi connectivity index (χ0v) is 11.1. The van der Waals surface area contributed by atoms with E-state index in [0.29, 0.717) is 12.5 Å². The van der Waals surface area contributed by atoms with E-state index in [1.54, 1.807) is 0 Å². The van der Waals surface area contributed by atoms with Crippen molar-refractivity contribution in [3.63, 3.8) is 0 Å². The predicted octanol–water partition coefficient (Wildman–Crippen LogP) is 1.60. The molecule has 0 saturated carbocycles. The molecule has 0 aromatic heterocycles. The molecule has 4 heteroatoms. The van der Waals surface area contributed by atoms with Crippen LogP contribution in [-0.2, 0) is 4.74 Å². The lowest BCUT2D eigenvalue weighted by Gasteiger charge is -2.31. The number of ether oxygens (including phenoxy) is 1. The molecule has 0 radical (unpaired) electrons. The first-order valence-electron chi connectivity index (χ1n) is 6.78. The average Bonchev–Trinajstić information content (AvgIpc) is 2.75. The fourth-order valence-electron chi connectivity index (χ4n) is 2.55. The standard InChI is InChI=1S/C13H25N3O/c1-11-4-7-16(8-5-11)12(14)15-10-13(2)6-3-9-17-13/h11H,3-10H2,1-2H3,(H2,14,15). The molecular formula is C13H25N3O. The first-order chi connectivity index (χ1) is 8.09. The number of piperidine rings is 1. The van der Waals surface area contributed by atoms with Gasteiger partial charge < -0.3 is 15.4 Å². The van der Waals surface area contributed by atoms with E-state index in [1.165, 1.54) is 12.8 Å². The molecule has 0 amide bonds. The van der Waals surface area contributed by atoms with E-state index in [2.05, 4.69) is 23.7 Å². The molecule has 1 atom stereocenters. The van der Waals surface area contributed by atoms with Crippen molar-refractivity contribution in [3.8, 4) is 0 Å². The Morgan fingerprint density at radius 3 is 2.76 bits per heavy atom. The van der Waals surface area contributed by atoms with Gasteiger partial charge in [-0.25, -0.2) is 0 Å². The summed E-state index contributed by atoms with van der Waals surface area (Å²) in [6, 6.07) is 0. The van der Waals surface area contributed by atoms with Gasteiger partial charge in [0.1, 0.15) is 0 Å². The van der Waals surface area contributed by atoms with Crippen molar-refractivity contribution >= 4 is 5.96 Å². The number of nitrogens with zero attached hydrogens (tertiary/aromatic N) is 2. The molecule has 2 aliphatic rings. The molecule has 2 N–H and O–H groups in total. The second-order valence-electron chi connectivity index (χ2n) is 5.75. The zero-order valence-electron chi connectivity index (χ0n) is 11.1. The summed E-state index contributed by atoms with van der Waals surface area (Å²) in [6.45, 7) is 8.10. The van der Waals surface area contributed by atoms with E-state index in [9.17, 15) is 0 Å². The van der Waals surface area contributed by atoms with Gasteiger partial charge in [-0.15, -0.1) is 0 Å². The summed E-state index contributed by atoms with van der Waals surface area (Å²) in [4.78, 5) is 6.73. The molecule has 0 aliphatic carbocycles. The number of nitrogens with two attached hydrogens (primary N) is 1. The number of guanidine groups is 1. The smallest absolute Gasteiger partial charge is 0.191 e. The lowest BCUT2D eigenvalue weighted by atomic mass is 9.99. The van der Waals surface area contributed by atoms with Gasteiger partial charge in [-0.3, -0.25) is 4.99 Å². The molecule has 2 saturated heterocycles. The Morgan fingerprint density at radius 2 is 2.18 bits per heavy atom. The lowest BCUT2D eigenvalue weighted by Crippen LogP contribution is -2.43. The van der Waals surface area contributed by atoms with Crippen molar-refractivity contribution in [1.29, 1.82) is 0 Å². The molecule has 4 nitrogen and oxygen atoms in total. The minimum absolute atomic E-state index is 0.0757. The van der Waals surface area contributed by atoms with Gasteiger partial charge in [0.05, 0.1) is 12.1 Å². The summed E-state index contributed by atoms with van der Waals surface area (Å²) in [7, 11) is 0. The van der Waals surface area contributed by atoms with Crippen molar-refractivity contribution in [3.05, 3.63) is 0 Å². The molecule has 1 unspecified atom stereocenters. The number of hydrogen-bond donors (Lipinski definition) is 1. The molecule has 2 heterocycles. The second-order valence-corrected chi connectivity index (χ2v) is 5.75. The van der Waals surface area contributed by atoms with Crippen molar-refractivity contribution in [2.24, 2.45) is 16.6 Å². The first-order valence-corrected chi connectivity index (χ1v) is 6.78. The Hall–Kier alpha value is -0.770. The molecule has 2 fully saturated rings. The highest BCUT2D eigenvalue weighted by molar-refractivity contribution is 5.78. The molecule has 2 aliphatic heterocycles. The van der Waals surface area contributed by atoms with E-state index < -0.39 is 0 Å². The maximum Gasteiger partial charge on any atom is 0.191 e. The van der Waals surface area contributed by atoms with Crippen LogP contribution in [0.5, 0.6) is 0 Å². The molecule has 0 aromatic rings. The fourth-order valence-corrected chi connectivity index (χ4v) is 2.55. The van der Waals surface area contributed by atoms with Crippen LogP contribution in [0.15, 0.2) is 4.99 Å². The minimum atomic E-state index is -0.0757. The summed E-state index contributed by atoms with van der Waals surface area (Å²) in [5.74, 6) is 1.53. The van der Waals surface area contributed by atoms with Crippen LogP contribution in [0.3, 0.4) is 0 Å². The Bertz CT molecular complexity index is 276. The molecule has 0 bridgehead atoms. The van der Waals surface area contributed by atoms with E-state index in [0.717, 1.165) is 38.5 Å². The number of rotatable bonds is 2. The van der Waals surface area contributed by atoms with Gasteiger partial charge in [0.25, 0.3) is 0 Å². The predicted molar refractivity (Wildman–Crippen MR) is 70.1 cm³/mol. The maximum absolute atomic E-state index is 6.05. The Kier molecular flexibility index (Phi) is 3.92. The van der Waals surface area contributed by atoms with Crippen LogP contribution in [0.1, 0.15) is 39.5 Å². The lowest BCUT2D eigenvalue weighted by molar-refractivity contribution is 0.0282. The van der Waals surface area contributed by atoms with Crippen LogP contribution in [-0.4, -0.2) is 42.7 Å². The minimum Gasteiger partial charge on any atom is -0.373 e. The van der Waals surface area contributed by atoms with Crippen LogP contribution in [0.25, 0.3) is 0 Å². The molecular weight excluding hydrogens is 214 g/mol. The third-order valence-corrected chi connectivity index (χ3v) is 3.98. The average molecular weight is 239 g/mol. The highest BCUT2D eigenvalue weighted by Gasteiger charge is 2.29. The van der Waals surface area contributed by atoms with Crippen LogP contribution in [0, 0.1) is 5.92 Å². The number of hydrogen-bond acceptors (Lipinski definition) is 2. The SMILES string of the molecule is CC1CCN(C(N)=NCC2(C)CCCO2)CC1. The summed E-state index contributed by atoms with van der Waals surface area (Å²) >= 11 is 0. The van der Waals surface area contributed by atoms with Gasteiger partial charge in [0.15, 0.2) is 5.96 Å². The van der Waals surface area contributed by atoms with Crippen LogP contribution in [0.4, 0.5) is 0 Å². The quantitative estimate of drug-likeness (QED) is 0.588. The summed E-state index contributed by atoms with van der Waals surface area (Å²) in [5.41, 5.74) is 5.98. The molecule has 0 spiro atoms. The van der Waals surface area contributed by atoms with Gasteiger partial charge in [0.2, 0.25) is 0 Å². The summed E-state index contributed by atoms with van der Waals surface area (Å²) in [5, 5.41) is 0. The Labute approximate surface area is 104 Å². The zero-order chi connectivity index (χ0) is 12.3. The molecule has 0 aromatic carbocycles. The summed E-state index contributed by atoms with van der Waals surface area (Å²) in [6.07, 6.45) is 4.70. The largest absolute Gasteiger partial charge is 0.373 e. The number of aliphatic imine (C=N–C) groups is 1. The third kappa shape index (κ3) is 3.35. The van der Waals surface area contributed by atoms with Gasteiger partial charge in [-0.2, -0.15) is 0 Å². The van der Waals surface area contributed by atoms with E-state index in [1.807, 2.05) is 0 Å². The molecule has 98 valence electrons. The van der Waals surface area contributed by atoms with Gasteiger partial charge in [-0.05, 0) is 38.5 Å². The highest BCUT2D eigenvalue weighted by atomic mass is 16.5. The highest BCUT2D eigenvalue weighted by Crippen LogP contribution is 2.25. The molecule has 2 rings (SSSR count). The Balaban J connectivity index is 1.84. The van der Waals surface area contributed by atoms with E-state index >= 15 is 0 Å². The maximum atomic E-state index is 6.05. The van der Waals surface area contributed by atoms with Crippen LogP contribution >= 0.6 is 0 Å². The van der Waals surface area contributed by atoms with Crippen molar-refractivity contribution < 1.29 is 4.74 Å². The van der Waals surface area contributed by atoms with Crippen molar-refractivity contribution in [1.82, 2.24) is 4.90 Å². The van der Waals surface area contributed by atoms with Gasteiger partial charge in [-0.1, -0.05) is 6.92 Å². The molecule has 17 heavy (non-hydrogen) atoms. The summed E-state index contributed by atoms with van der Waals surface area (Å²) < 4.78 is 5.71. The van der Waals surface area contributed by atoms with E-state index in [4.69, 9.17) is 10.5 Å². The topological polar surface area (TPSA) is 50.8 Å².